The molecule has 0 aliphatic carbocycles. The molecule has 0 saturated carbocycles. The molecule has 1 aliphatic heterocycles. The molecule has 3 nitrogen and oxygen atoms in total. The summed E-state index contributed by atoms with van der Waals surface area (Å²) in [6.07, 6.45) is 3.62. The molecule has 1 atom stereocenters. The molecule has 58 valence electrons. The van der Waals surface area contributed by atoms with Crippen LogP contribution in [-0.4, -0.2) is 26.1 Å². The highest BCUT2D eigenvalue weighted by Crippen LogP contribution is 2.02. The zero-order valence-corrected chi connectivity index (χ0v) is 6.08. The van der Waals surface area contributed by atoms with Crippen LogP contribution in [0.3, 0.4) is 0 Å². The molecule has 1 heterocycles. The zero-order chi connectivity index (χ0) is 7.23. The van der Waals surface area contributed by atoms with Gasteiger partial charge in [-0.05, 0) is 6.92 Å². The van der Waals surface area contributed by atoms with Crippen molar-refractivity contribution in [2.24, 2.45) is 0 Å². The van der Waals surface area contributed by atoms with Gasteiger partial charge in [0, 0.05) is 0 Å². The molecule has 1 saturated heterocycles. The minimum absolute atomic E-state index is 0.121. The minimum atomic E-state index is 0.121. The molecule has 0 aromatic carbocycles. The summed E-state index contributed by atoms with van der Waals surface area (Å²) in [4.78, 5) is 0. The lowest BCUT2D eigenvalue weighted by Gasteiger charge is -2.04. The normalized spacial score (nSPS) is 25.9. The average molecular weight is 144 g/mol. The van der Waals surface area contributed by atoms with Gasteiger partial charge < -0.3 is 14.2 Å². The first-order chi connectivity index (χ1) is 4.93. The van der Waals surface area contributed by atoms with Crippen molar-refractivity contribution in [2.75, 3.05) is 20.0 Å². The van der Waals surface area contributed by atoms with Crippen LogP contribution in [0.5, 0.6) is 0 Å². The summed E-state index contributed by atoms with van der Waals surface area (Å²) in [6.45, 7) is 3.55. The zero-order valence-electron chi connectivity index (χ0n) is 6.08. The van der Waals surface area contributed by atoms with E-state index in [1.165, 1.54) is 0 Å². The number of hydrogen-bond acceptors (Lipinski definition) is 3. The van der Waals surface area contributed by atoms with Crippen molar-refractivity contribution in [1.29, 1.82) is 0 Å². The van der Waals surface area contributed by atoms with Gasteiger partial charge in [0.25, 0.3) is 0 Å². The van der Waals surface area contributed by atoms with Crippen LogP contribution in [0.2, 0.25) is 0 Å². The second-order valence-corrected chi connectivity index (χ2v) is 2.08. The second kappa shape index (κ2) is 4.30. The first kappa shape index (κ1) is 7.57. The van der Waals surface area contributed by atoms with Gasteiger partial charge in [-0.25, -0.2) is 0 Å². The molecule has 1 fully saturated rings. The van der Waals surface area contributed by atoms with Crippen LogP contribution >= 0.6 is 0 Å². The Morgan fingerprint density at radius 3 is 3.20 bits per heavy atom. The van der Waals surface area contributed by atoms with Gasteiger partial charge in [0.05, 0.1) is 12.9 Å². The van der Waals surface area contributed by atoms with Gasteiger partial charge in [0.2, 0.25) is 0 Å². The number of hydrogen-bond donors (Lipinski definition) is 0. The third-order valence-electron chi connectivity index (χ3n) is 1.21. The Labute approximate surface area is 60.6 Å². The Morgan fingerprint density at radius 1 is 1.70 bits per heavy atom. The maximum atomic E-state index is 5.12. The Morgan fingerprint density at radius 2 is 2.60 bits per heavy atom. The predicted octanol–water partition coefficient (Wildman–Crippen LogP) is 0.909. The highest BCUT2D eigenvalue weighted by molar-refractivity contribution is 4.67. The van der Waals surface area contributed by atoms with Gasteiger partial charge in [0.1, 0.15) is 19.5 Å². The molecule has 3 heteroatoms. The third-order valence-corrected chi connectivity index (χ3v) is 1.21. The summed E-state index contributed by atoms with van der Waals surface area (Å²) in [5, 5.41) is 0. The van der Waals surface area contributed by atoms with Crippen LogP contribution in [0, 0.1) is 0 Å². The van der Waals surface area contributed by atoms with Crippen LogP contribution in [0.15, 0.2) is 12.3 Å². The first-order valence-corrected chi connectivity index (χ1v) is 3.35. The maximum Gasteiger partial charge on any atom is 0.147 e. The lowest BCUT2D eigenvalue weighted by Crippen LogP contribution is -2.15. The van der Waals surface area contributed by atoms with Crippen molar-refractivity contribution in [2.45, 2.75) is 13.0 Å². The maximum absolute atomic E-state index is 5.12. The quantitative estimate of drug-likeness (QED) is 0.551. The van der Waals surface area contributed by atoms with Gasteiger partial charge in [0.15, 0.2) is 0 Å². The Bertz CT molecular complexity index is 105. The molecule has 10 heavy (non-hydrogen) atoms. The van der Waals surface area contributed by atoms with Gasteiger partial charge in [-0.3, -0.25) is 0 Å². The van der Waals surface area contributed by atoms with Crippen molar-refractivity contribution >= 4 is 0 Å². The summed E-state index contributed by atoms with van der Waals surface area (Å²) in [7, 11) is 0. The molecule has 1 unspecified atom stereocenters. The van der Waals surface area contributed by atoms with E-state index in [9.17, 15) is 0 Å². The van der Waals surface area contributed by atoms with Crippen LogP contribution in [0.4, 0.5) is 0 Å². The Hall–Kier alpha value is -0.540. The van der Waals surface area contributed by atoms with Crippen LogP contribution < -0.4 is 0 Å². The molecule has 0 aromatic rings. The molecule has 0 N–H and O–H groups in total. The fourth-order valence-electron chi connectivity index (χ4n) is 0.727. The van der Waals surface area contributed by atoms with E-state index in [0.29, 0.717) is 20.0 Å². The van der Waals surface area contributed by atoms with E-state index in [1.807, 2.05) is 13.0 Å². The Kier molecular flexibility index (Phi) is 3.26. The largest absolute Gasteiger partial charge is 0.499 e. The van der Waals surface area contributed by atoms with Crippen LogP contribution in [-0.2, 0) is 14.2 Å². The van der Waals surface area contributed by atoms with Crippen molar-refractivity contribution in [3.8, 4) is 0 Å². The fraction of sp³-hybridized carbons (Fsp3) is 0.714. The van der Waals surface area contributed by atoms with E-state index in [-0.39, 0.29) is 6.10 Å². The first-order valence-electron chi connectivity index (χ1n) is 3.35. The van der Waals surface area contributed by atoms with E-state index in [1.54, 1.807) is 6.26 Å². The highest BCUT2D eigenvalue weighted by Gasteiger charge is 2.15. The molecule has 0 aromatic heterocycles. The van der Waals surface area contributed by atoms with Crippen LogP contribution in [0.1, 0.15) is 6.92 Å². The Balaban J connectivity index is 2.01. The predicted molar refractivity (Wildman–Crippen MR) is 36.5 cm³/mol. The highest BCUT2D eigenvalue weighted by atomic mass is 16.7. The topological polar surface area (TPSA) is 27.7 Å². The molecule has 0 radical (unpaired) electrons. The third kappa shape index (κ3) is 2.37. The average Bonchev–Trinajstić information content (AvgIpc) is 2.41. The van der Waals surface area contributed by atoms with Gasteiger partial charge in [-0.15, -0.1) is 0 Å². The molecule has 0 amide bonds. The SMILES string of the molecule is CC=COCC1COCO1. The standard InChI is InChI=1S/C7H12O3/c1-2-3-8-4-7-5-9-6-10-7/h2-3,7H,4-6H2,1H3. The summed E-state index contributed by atoms with van der Waals surface area (Å²) in [5.41, 5.74) is 0. The van der Waals surface area contributed by atoms with E-state index >= 15 is 0 Å². The van der Waals surface area contributed by atoms with E-state index < -0.39 is 0 Å². The number of ether oxygens (including phenoxy) is 3. The summed E-state index contributed by atoms with van der Waals surface area (Å²) in [6, 6.07) is 0. The summed E-state index contributed by atoms with van der Waals surface area (Å²) in [5.74, 6) is 0. The monoisotopic (exact) mass is 144 g/mol. The van der Waals surface area contributed by atoms with E-state index in [0.717, 1.165) is 0 Å². The molecular weight excluding hydrogens is 132 g/mol. The van der Waals surface area contributed by atoms with Crippen molar-refractivity contribution < 1.29 is 14.2 Å². The summed E-state index contributed by atoms with van der Waals surface area (Å²) < 4.78 is 15.2. The molecule has 1 rings (SSSR count). The molecular formula is C7H12O3. The minimum Gasteiger partial charge on any atom is -0.499 e. The lowest BCUT2D eigenvalue weighted by molar-refractivity contribution is 0.0248. The molecule has 0 bridgehead atoms. The second-order valence-electron chi connectivity index (χ2n) is 2.08. The van der Waals surface area contributed by atoms with Gasteiger partial charge in [-0.1, -0.05) is 6.08 Å². The van der Waals surface area contributed by atoms with Gasteiger partial charge >= 0.3 is 0 Å². The van der Waals surface area contributed by atoms with E-state index in [2.05, 4.69) is 0 Å². The number of allylic oxidation sites excluding steroid dienone is 1. The van der Waals surface area contributed by atoms with Gasteiger partial charge in [-0.2, -0.15) is 0 Å². The van der Waals surface area contributed by atoms with Crippen LogP contribution in [0.25, 0.3) is 0 Å². The smallest absolute Gasteiger partial charge is 0.147 e. The molecule has 0 spiro atoms. The van der Waals surface area contributed by atoms with Crippen molar-refractivity contribution in [3.63, 3.8) is 0 Å². The van der Waals surface area contributed by atoms with Crippen molar-refractivity contribution in [3.05, 3.63) is 12.3 Å². The lowest BCUT2D eigenvalue weighted by atomic mass is 10.4. The van der Waals surface area contributed by atoms with Crippen molar-refractivity contribution in [1.82, 2.24) is 0 Å². The van der Waals surface area contributed by atoms with E-state index in [4.69, 9.17) is 14.2 Å². The number of rotatable bonds is 3. The summed E-state index contributed by atoms with van der Waals surface area (Å²) >= 11 is 0. The fourth-order valence-corrected chi connectivity index (χ4v) is 0.727. The molecule has 1 aliphatic rings.